The van der Waals surface area contributed by atoms with E-state index in [2.05, 4.69) is 0 Å². The van der Waals surface area contributed by atoms with Gasteiger partial charge in [-0.25, -0.2) is 8.42 Å². The fraction of sp³-hybridized carbons (Fsp3) is 0.333. The van der Waals surface area contributed by atoms with Crippen molar-refractivity contribution in [3.05, 3.63) is 45.5 Å². The van der Waals surface area contributed by atoms with Crippen molar-refractivity contribution in [1.82, 2.24) is 0 Å². The number of phenolic OH excluding ortho intramolecular Hbond substituents is 2. The highest BCUT2D eigenvalue weighted by Crippen LogP contribution is 2.40. The topological polar surface area (TPSA) is 74.6 Å². The summed E-state index contributed by atoms with van der Waals surface area (Å²) in [6.07, 6.45) is 0. The molecule has 2 aromatic rings. The van der Waals surface area contributed by atoms with Crippen molar-refractivity contribution < 1.29 is 18.6 Å². The summed E-state index contributed by atoms with van der Waals surface area (Å²) >= 11 is 0. The Labute approximate surface area is 137 Å². The van der Waals surface area contributed by atoms with Gasteiger partial charge >= 0.3 is 0 Å². The lowest BCUT2D eigenvalue weighted by molar-refractivity contribution is 0.452. The van der Waals surface area contributed by atoms with E-state index in [1.165, 1.54) is 0 Å². The van der Waals surface area contributed by atoms with Gasteiger partial charge < -0.3 is 10.2 Å². The molecule has 0 aliphatic rings. The second kappa shape index (κ2) is 5.57. The van der Waals surface area contributed by atoms with Gasteiger partial charge in [0.05, 0.1) is 4.90 Å². The highest BCUT2D eigenvalue weighted by atomic mass is 32.2. The van der Waals surface area contributed by atoms with Crippen LogP contribution in [-0.2, 0) is 9.84 Å². The van der Waals surface area contributed by atoms with E-state index in [-0.39, 0.29) is 21.3 Å². The van der Waals surface area contributed by atoms with Crippen LogP contribution in [0.25, 0.3) is 0 Å². The molecule has 0 unspecified atom stereocenters. The maximum Gasteiger partial charge on any atom is 0.211 e. The number of phenols is 2. The third kappa shape index (κ3) is 2.59. The van der Waals surface area contributed by atoms with Gasteiger partial charge in [-0.1, -0.05) is 6.07 Å². The Kier molecular flexibility index (Phi) is 4.20. The van der Waals surface area contributed by atoms with E-state index in [1.54, 1.807) is 46.8 Å². The average Bonchev–Trinajstić information content (AvgIpc) is 2.42. The van der Waals surface area contributed by atoms with E-state index in [0.29, 0.717) is 27.8 Å². The van der Waals surface area contributed by atoms with Gasteiger partial charge in [0, 0.05) is 5.56 Å². The summed E-state index contributed by atoms with van der Waals surface area (Å²) in [5.41, 5.74) is 3.43. The summed E-state index contributed by atoms with van der Waals surface area (Å²) < 4.78 is 26.4. The van der Waals surface area contributed by atoms with Crippen LogP contribution in [0.3, 0.4) is 0 Å². The van der Waals surface area contributed by atoms with Gasteiger partial charge in [0.2, 0.25) is 9.84 Å². The maximum atomic E-state index is 13.2. The third-order valence-electron chi connectivity index (χ3n) is 4.50. The first-order valence-corrected chi connectivity index (χ1v) is 8.83. The Bertz CT molecular complexity index is 883. The second-order valence-corrected chi connectivity index (χ2v) is 7.93. The predicted octanol–water partition coefficient (Wildman–Crippen LogP) is 3.78. The zero-order chi connectivity index (χ0) is 17.7. The first-order valence-electron chi connectivity index (χ1n) is 7.34. The van der Waals surface area contributed by atoms with Crippen molar-refractivity contribution in [2.24, 2.45) is 0 Å². The van der Waals surface area contributed by atoms with E-state index in [4.69, 9.17) is 0 Å². The van der Waals surface area contributed by atoms with Gasteiger partial charge in [-0.15, -0.1) is 0 Å². The Morgan fingerprint density at radius 3 is 1.78 bits per heavy atom. The quantitative estimate of drug-likeness (QED) is 0.876. The molecule has 0 radical (unpaired) electrons. The fourth-order valence-electron chi connectivity index (χ4n) is 2.88. The van der Waals surface area contributed by atoms with Crippen molar-refractivity contribution in [3.8, 4) is 11.5 Å². The summed E-state index contributed by atoms with van der Waals surface area (Å²) in [5.74, 6) is -0.282. The maximum absolute atomic E-state index is 13.2. The average molecular weight is 334 g/mol. The Hall–Kier alpha value is -2.01. The number of aromatic hydroxyl groups is 2. The van der Waals surface area contributed by atoms with Gasteiger partial charge in [-0.05, 0) is 75.4 Å². The van der Waals surface area contributed by atoms with Crippen molar-refractivity contribution in [2.75, 3.05) is 0 Å². The molecule has 2 N–H and O–H groups in total. The van der Waals surface area contributed by atoms with Gasteiger partial charge in [-0.2, -0.15) is 0 Å². The molecule has 0 aromatic heterocycles. The smallest absolute Gasteiger partial charge is 0.211 e. The van der Waals surface area contributed by atoms with Gasteiger partial charge in [-0.3, -0.25) is 0 Å². The minimum atomic E-state index is -3.96. The Morgan fingerprint density at radius 2 is 1.22 bits per heavy atom. The summed E-state index contributed by atoms with van der Waals surface area (Å²) in [7, 11) is -3.96. The van der Waals surface area contributed by atoms with Crippen molar-refractivity contribution in [3.63, 3.8) is 0 Å². The summed E-state index contributed by atoms with van der Waals surface area (Å²) in [6.45, 7) is 10.2. The normalized spacial score (nSPS) is 11.7. The lowest BCUT2D eigenvalue weighted by atomic mass is 10.1. The van der Waals surface area contributed by atoms with Gasteiger partial charge in [0.25, 0.3) is 0 Å². The molecule has 0 atom stereocenters. The molecule has 0 aliphatic heterocycles. The largest absolute Gasteiger partial charge is 0.508 e. The number of sulfone groups is 1. The number of hydrogen-bond donors (Lipinski definition) is 2. The third-order valence-corrected chi connectivity index (χ3v) is 6.70. The predicted molar refractivity (Wildman–Crippen MR) is 90.1 cm³/mol. The van der Waals surface area contributed by atoms with Crippen LogP contribution < -0.4 is 0 Å². The van der Waals surface area contributed by atoms with Crippen LogP contribution in [0.2, 0.25) is 0 Å². The number of hydrogen-bond acceptors (Lipinski definition) is 4. The molecule has 2 rings (SSSR count). The highest BCUT2D eigenvalue weighted by Gasteiger charge is 2.30. The Balaban J connectivity index is 2.94. The lowest BCUT2D eigenvalue weighted by Gasteiger charge is -2.18. The minimum absolute atomic E-state index is 0.0624. The number of aryl methyl sites for hydroxylation is 3. The van der Waals surface area contributed by atoms with Crippen molar-refractivity contribution in [1.29, 1.82) is 0 Å². The second-order valence-electron chi connectivity index (χ2n) is 6.11. The first kappa shape index (κ1) is 17.3. The van der Waals surface area contributed by atoms with E-state index in [0.717, 1.165) is 5.56 Å². The zero-order valence-electron chi connectivity index (χ0n) is 14.3. The molecule has 124 valence electrons. The van der Waals surface area contributed by atoms with E-state index < -0.39 is 9.84 Å². The molecule has 0 spiro atoms. The zero-order valence-corrected chi connectivity index (χ0v) is 15.1. The SMILES string of the molecule is Cc1cc(C)c(S(=O)(=O)c2c(C)c(C)cc(O)c2C)c(O)c1C. The molecule has 0 saturated heterocycles. The molecule has 0 amide bonds. The highest BCUT2D eigenvalue weighted by molar-refractivity contribution is 7.91. The molecule has 0 heterocycles. The monoisotopic (exact) mass is 334 g/mol. The van der Waals surface area contributed by atoms with Crippen LogP contribution in [-0.4, -0.2) is 18.6 Å². The molecule has 23 heavy (non-hydrogen) atoms. The van der Waals surface area contributed by atoms with Crippen LogP contribution in [0.1, 0.15) is 33.4 Å². The molecule has 0 bridgehead atoms. The van der Waals surface area contributed by atoms with Gasteiger partial charge in [0.1, 0.15) is 16.4 Å². The van der Waals surface area contributed by atoms with Gasteiger partial charge in [0.15, 0.2) is 0 Å². The van der Waals surface area contributed by atoms with E-state index >= 15 is 0 Å². The molecular weight excluding hydrogens is 312 g/mol. The van der Waals surface area contributed by atoms with Crippen molar-refractivity contribution in [2.45, 2.75) is 51.3 Å². The molecule has 5 heteroatoms. The molecule has 2 aromatic carbocycles. The summed E-state index contributed by atoms with van der Waals surface area (Å²) in [6, 6.07) is 3.30. The van der Waals surface area contributed by atoms with Crippen LogP contribution in [0.15, 0.2) is 21.9 Å². The van der Waals surface area contributed by atoms with Crippen LogP contribution in [0.5, 0.6) is 11.5 Å². The fourth-order valence-corrected chi connectivity index (χ4v) is 5.05. The first-order chi connectivity index (χ1) is 10.5. The van der Waals surface area contributed by atoms with E-state index in [9.17, 15) is 18.6 Å². The van der Waals surface area contributed by atoms with Crippen molar-refractivity contribution >= 4 is 9.84 Å². The molecular formula is C18H22O4S. The number of rotatable bonds is 2. The number of benzene rings is 2. The van der Waals surface area contributed by atoms with E-state index in [1.807, 2.05) is 6.92 Å². The molecule has 0 aliphatic carbocycles. The summed E-state index contributed by atoms with van der Waals surface area (Å²) in [5, 5.41) is 20.5. The molecule has 0 fully saturated rings. The standard InChI is InChI=1S/C18H22O4S/c1-9-7-11(3)17(16(20)12(9)4)23(21,22)18-13(5)10(2)8-15(19)14(18)6/h7-8,19-20H,1-6H3. The molecule has 4 nitrogen and oxygen atoms in total. The van der Waals surface area contributed by atoms with Crippen LogP contribution in [0, 0.1) is 41.5 Å². The Morgan fingerprint density at radius 1 is 0.696 bits per heavy atom. The molecule has 0 saturated carbocycles. The lowest BCUT2D eigenvalue weighted by Crippen LogP contribution is -2.10. The van der Waals surface area contributed by atoms with Crippen LogP contribution >= 0.6 is 0 Å². The van der Waals surface area contributed by atoms with Crippen LogP contribution in [0.4, 0.5) is 0 Å². The summed E-state index contributed by atoms with van der Waals surface area (Å²) in [4.78, 5) is -0.0200. The minimum Gasteiger partial charge on any atom is -0.508 e.